The molecule has 98 valence electrons. The van der Waals surface area contributed by atoms with Crippen molar-refractivity contribution in [3.63, 3.8) is 0 Å². The van der Waals surface area contributed by atoms with E-state index in [0.29, 0.717) is 5.92 Å². The van der Waals surface area contributed by atoms with E-state index in [1.54, 1.807) is 18.9 Å². The van der Waals surface area contributed by atoms with Crippen molar-refractivity contribution >= 4 is 22.8 Å². The summed E-state index contributed by atoms with van der Waals surface area (Å²) in [5.74, 6) is 2.53. The lowest BCUT2D eigenvalue weighted by molar-refractivity contribution is 0.415. The van der Waals surface area contributed by atoms with E-state index in [1.807, 2.05) is 25.2 Å². The lowest BCUT2D eigenvalue weighted by atomic mass is 10.2. The van der Waals surface area contributed by atoms with Crippen LogP contribution < -0.4 is 10.1 Å². The molecule has 5 heteroatoms. The van der Waals surface area contributed by atoms with Crippen molar-refractivity contribution in [3.05, 3.63) is 18.2 Å². The van der Waals surface area contributed by atoms with Gasteiger partial charge >= 0.3 is 0 Å². The normalized spacial score (nSPS) is 12.8. The van der Waals surface area contributed by atoms with E-state index in [0.717, 1.165) is 34.2 Å². The molecule has 0 spiro atoms. The maximum Gasteiger partial charge on any atom is 0.166 e. The van der Waals surface area contributed by atoms with Gasteiger partial charge < -0.3 is 15.0 Å². The van der Waals surface area contributed by atoms with E-state index in [2.05, 4.69) is 22.2 Å². The topological polar surface area (TPSA) is 49.9 Å². The Morgan fingerprint density at radius 1 is 1.50 bits per heavy atom. The molecule has 2 rings (SSSR count). The average molecular weight is 265 g/mol. The van der Waals surface area contributed by atoms with Crippen LogP contribution in [-0.2, 0) is 0 Å². The first-order chi connectivity index (χ1) is 8.72. The van der Waals surface area contributed by atoms with Crippen LogP contribution in [0.1, 0.15) is 6.92 Å². The maximum atomic E-state index is 5.20. The third-order valence-corrected chi connectivity index (χ3v) is 3.93. The van der Waals surface area contributed by atoms with E-state index >= 15 is 0 Å². The Bertz CT molecular complexity index is 512. The molecule has 1 aromatic carbocycles. The van der Waals surface area contributed by atoms with E-state index < -0.39 is 0 Å². The highest BCUT2D eigenvalue weighted by Gasteiger charge is 2.07. The molecular formula is C13H19N3OS. The Morgan fingerprint density at radius 2 is 2.33 bits per heavy atom. The molecule has 0 aliphatic carbocycles. The third kappa shape index (κ3) is 3.17. The highest BCUT2D eigenvalue weighted by atomic mass is 32.2. The van der Waals surface area contributed by atoms with Gasteiger partial charge in [-0.2, -0.15) is 0 Å². The third-order valence-electron chi connectivity index (χ3n) is 2.72. The van der Waals surface area contributed by atoms with Gasteiger partial charge in [-0.1, -0.05) is 18.7 Å². The zero-order chi connectivity index (χ0) is 13.0. The molecule has 0 aliphatic rings. The summed E-state index contributed by atoms with van der Waals surface area (Å²) in [7, 11) is 3.65. The van der Waals surface area contributed by atoms with E-state index in [-0.39, 0.29) is 0 Å². The van der Waals surface area contributed by atoms with Crippen LogP contribution in [0.5, 0.6) is 5.75 Å². The molecule has 4 nitrogen and oxygen atoms in total. The molecule has 2 N–H and O–H groups in total. The van der Waals surface area contributed by atoms with Gasteiger partial charge in [0.25, 0.3) is 0 Å². The molecule has 1 heterocycles. The van der Waals surface area contributed by atoms with Crippen LogP contribution in [0.25, 0.3) is 11.0 Å². The standard InChI is InChI=1S/C13H19N3OS/c1-9(7-14-2)8-18-13-15-11-5-4-10(17-3)6-12(11)16-13/h4-6,9,14H,7-8H2,1-3H3,(H,15,16). The van der Waals surface area contributed by atoms with E-state index in [9.17, 15) is 0 Å². The van der Waals surface area contributed by atoms with Gasteiger partial charge in [0, 0.05) is 11.8 Å². The van der Waals surface area contributed by atoms with E-state index in [1.165, 1.54) is 0 Å². The number of nitrogens with zero attached hydrogens (tertiary/aromatic N) is 1. The van der Waals surface area contributed by atoms with Gasteiger partial charge in [-0.3, -0.25) is 0 Å². The molecule has 0 saturated heterocycles. The summed E-state index contributed by atoms with van der Waals surface area (Å²) >= 11 is 1.76. The van der Waals surface area contributed by atoms with Crippen molar-refractivity contribution in [2.24, 2.45) is 5.92 Å². The summed E-state index contributed by atoms with van der Waals surface area (Å²) in [4.78, 5) is 7.87. The van der Waals surface area contributed by atoms with Crippen LogP contribution in [0.15, 0.2) is 23.4 Å². The highest BCUT2D eigenvalue weighted by Crippen LogP contribution is 2.24. The summed E-state index contributed by atoms with van der Waals surface area (Å²) in [5, 5.41) is 4.16. The quantitative estimate of drug-likeness (QED) is 0.788. The second kappa shape index (κ2) is 6.11. The van der Waals surface area contributed by atoms with Crippen LogP contribution in [0.4, 0.5) is 0 Å². The molecule has 0 aliphatic heterocycles. The number of nitrogens with one attached hydrogen (secondary N) is 2. The average Bonchev–Trinajstić information content (AvgIpc) is 2.78. The molecule has 1 atom stereocenters. The number of fused-ring (bicyclic) bond motifs is 1. The van der Waals surface area contributed by atoms with Crippen LogP contribution in [0, 0.1) is 5.92 Å². The fourth-order valence-corrected chi connectivity index (χ4v) is 2.69. The SMILES string of the molecule is CNCC(C)CSc1nc2ccc(OC)cc2[nH]1. The fraction of sp³-hybridized carbons (Fsp3) is 0.462. The van der Waals surface area contributed by atoms with Gasteiger partial charge in [-0.25, -0.2) is 4.98 Å². The number of thioether (sulfide) groups is 1. The first kappa shape index (κ1) is 13.2. The molecule has 0 bridgehead atoms. The van der Waals surface area contributed by atoms with Crippen LogP contribution in [-0.4, -0.2) is 36.4 Å². The zero-order valence-electron chi connectivity index (χ0n) is 11.0. The van der Waals surface area contributed by atoms with Crippen LogP contribution >= 0.6 is 11.8 Å². The van der Waals surface area contributed by atoms with Gasteiger partial charge in [0.1, 0.15) is 5.75 Å². The number of benzene rings is 1. The molecular weight excluding hydrogens is 246 g/mol. The minimum atomic E-state index is 0.628. The minimum absolute atomic E-state index is 0.628. The summed E-state index contributed by atoms with van der Waals surface area (Å²) in [5.41, 5.74) is 2.01. The fourth-order valence-electron chi connectivity index (χ4n) is 1.79. The molecule has 0 fully saturated rings. The Kier molecular flexibility index (Phi) is 4.49. The lowest BCUT2D eigenvalue weighted by Gasteiger charge is -2.07. The number of H-pyrrole nitrogens is 1. The van der Waals surface area contributed by atoms with Crippen molar-refractivity contribution in [2.45, 2.75) is 12.1 Å². The van der Waals surface area contributed by atoms with Gasteiger partial charge in [-0.15, -0.1) is 0 Å². The molecule has 2 aromatic rings. The number of aromatic amines is 1. The van der Waals surface area contributed by atoms with E-state index in [4.69, 9.17) is 4.74 Å². The number of ether oxygens (including phenoxy) is 1. The Hall–Kier alpha value is -1.20. The maximum absolute atomic E-state index is 5.20. The van der Waals surface area contributed by atoms with Crippen molar-refractivity contribution in [1.82, 2.24) is 15.3 Å². The minimum Gasteiger partial charge on any atom is -0.497 e. The van der Waals surface area contributed by atoms with Crippen LogP contribution in [0.2, 0.25) is 0 Å². The molecule has 18 heavy (non-hydrogen) atoms. The first-order valence-electron chi connectivity index (χ1n) is 6.04. The first-order valence-corrected chi connectivity index (χ1v) is 7.02. The summed E-state index contributed by atoms with van der Waals surface area (Å²) < 4.78 is 5.20. The van der Waals surface area contributed by atoms with Crippen LogP contribution in [0.3, 0.4) is 0 Å². The molecule has 0 amide bonds. The van der Waals surface area contributed by atoms with Crippen molar-refractivity contribution in [1.29, 1.82) is 0 Å². The molecule has 0 radical (unpaired) electrons. The number of imidazole rings is 1. The largest absolute Gasteiger partial charge is 0.497 e. The lowest BCUT2D eigenvalue weighted by Crippen LogP contribution is -2.17. The van der Waals surface area contributed by atoms with Crippen molar-refractivity contribution in [2.75, 3.05) is 26.5 Å². The predicted octanol–water partition coefficient (Wildman–Crippen LogP) is 2.52. The highest BCUT2D eigenvalue weighted by molar-refractivity contribution is 7.99. The van der Waals surface area contributed by atoms with Gasteiger partial charge in [-0.05, 0) is 31.6 Å². The second-order valence-electron chi connectivity index (χ2n) is 4.40. The monoisotopic (exact) mass is 265 g/mol. The summed E-state index contributed by atoms with van der Waals surface area (Å²) in [6, 6.07) is 5.89. The Morgan fingerprint density at radius 3 is 3.06 bits per heavy atom. The zero-order valence-corrected chi connectivity index (χ0v) is 11.8. The van der Waals surface area contributed by atoms with Crippen molar-refractivity contribution < 1.29 is 4.74 Å². The molecule has 1 unspecified atom stereocenters. The number of methoxy groups -OCH3 is 1. The summed E-state index contributed by atoms with van der Waals surface area (Å²) in [6.45, 7) is 3.26. The Balaban J connectivity index is 2.05. The van der Waals surface area contributed by atoms with Gasteiger partial charge in [0.05, 0.1) is 18.1 Å². The second-order valence-corrected chi connectivity index (χ2v) is 5.41. The predicted molar refractivity (Wildman–Crippen MR) is 76.5 cm³/mol. The number of aromatic nitrogens is 2. The Labute approximate surface area is 112 Å². The number of hydrogen-bond donors (Lipinski definition) is 2. The molecule has 1 aromatic heterocycles. The van der Waals surface area contributed by atoms with Gasteiger partial charge in [0.2, 0.25) is 0 Å². The molecule has 0 saturated carbocycles. The number of rotatable bonds is 6. The van der Waals surface area contributed by atoms with Gasteiger partial charge in [0.15, 0.2) is 5.16 Å². The van der Waals surface area contributed by atoms with Crippen molar-refractivity contribution in [3.8, 4) is 5.75 Å². The number of hydrogen-bond acceptors (Lipinski definition) is 4. The summed E-state index contributed by atoms with van der Waals surface area (Å²) in [6.07, 6.45) is 0. The smallest absolute Gasteiger partial charge is 0.166 e.